The molecule has 7 heteroatoms. The Kier molecular flexibility index (Phi) is 6.81. The van der Waals surface area contributed by atoms with Crippen molar-refractivity contribution in [3.05, 3.63) is 71.3 Å². The summed E-state index contributed by atoms with van der Waals surface area (Å²) in [6, 6.07) is 15.0. The lowest BCUT2D eigenvalue weighted by molar-refractivity contribution is -0.133. The van der Waals surface area contributed by atoms with Crippen LogP contribution in [0, 0.1) is 5.41 Å². The number of rotatable bonds is 6. The van der Waals surface area contributed by atoms with E-state index in [4.69, 9.17) is 9.47 Å². The van der Waals surface area contributed by atoms with Crippen LogP contribution in [0.25, 0.3) is 6.08 Å². The lowest BCUT2D eigenvalue weighted by Crippen LogP contribution is -2.44. The SMILES string of the molecule is CCOc1ccccc1/C=C/C(=O)N1CCC2(CC1)CCN(C(=O)CC1OC(=O)c3ccccc31)C2. The molecule has 5 rings (SSSR count). The Labute approximate surface area is 211 Å². The van der Waals surface area contributed by atoms with Crippen LogP contribution in [-0.2, 0) is 14.3 Å². The molecule has 0 bridgehead atoms. The molecule has 2 saturated heterocycles. The summed E-state index contributed by atoms with van der Waals surface area (Å²) in [5, 5.41) is 0. The number of hydrogen-bond acceptors (Lipinski definition) is 5. The number of carbonyl (C=O) groups is 3. The van der Waals surface area contributed by atoms with E-state index in [1.807, 2.05) is 59.2 Å². The van der Waals surface area contributed by atoms with Crippen molar-refractivity contribution in [1.82, 2.24) is 9.80 Å². The second-order valence-electron chi connectivity index (χ2n) is 9.88. The molecule has 36 heavy (non-hydrogen) atoms. The molecule has 0 saturated carbocycles. The number of benzene rings is 2. The molecule has 1 atom stereocenters. The van der Waals surface area contributed by atoms with Gasteiger partial charge in [-0.25, -0.2) is 4.79 Å². The van der Waals surface area contributed by atoms with E-state index < -0.39 is 6.10 Å². The Balaban J connectivity index is 1.14. The minimum absolute atomic E-state index is 0.00351. The standard InChI is InChI=1S/C29H32N2O5/c1-2-35-24-10-6-3-7-21(24)11-12-26(32)30-16-13-29(14-17-30)15-18-31(20-29)27(33)19-25-22-8-4-5-9-23(22)28(34)36-25/h3-12,25H,2,13-20H2,1H3/b12-11+. The van der Waals surface area contributed by atoms with Crippen molar-refractivity contribution >= 4 is 23.9 Å². The number of amides is 2. The molecule has 0 aliphatic carbocycles. The van der Waals surface area contributed by atoms with Crippen LogP contribution >= 0.6 is 0 Å². The van der Waals surface area contributed by atoms with Gasteiger partial charge < -0.3 is 19.3 Å². The fourth-order valence-electron chi connectivity index (χ4n) is 5.59. The molecular formula is C29H32N2O5. The van der Waals surface area contributed by atoms with Crippen molar-refractivity contribution in [2.45, 2.75) is 38.7 Å². The minimum atomic E-state index is -0.503. The molecule has 1 spiro atoms. The lowest BCUT2D eigenvalue weighted by Gasteiger charge is -2.39. The average Bonchev–Trinajstić information content (AvgIpc) is 3.45. The van der Waals surface area contributed by atoms with E-state index in [-0.39, 0.29) is 29.6 Å². The second-order valence-corrected chi connectivity index (χ2v) is 9.88. The molecule has 2 aromatic carbocycles. The summed E-state index contributed by atoms with van der Waals surface area (Å²) in [6.07, 6.45) is 5.83. The van der Waals surface area contributed by atoms with Crippen LogP contribution in [0.2, 0.25) is 0 Å². The maximum absolute atomic E-state index is 13.1. The largest absolute Gasteiger partial charge is 0.493 e. The zero-order chi connectivity index (χ0) is 25.1. The number of esters is 1. The topological polar surface area (TPSA) is 76.2 Å². The summed E-state index contributed by atoms with van der Waals surface area (Å²) in [4.78, 5) is 41.8. The molecule has 188 valence electrons. The van der Waals surface area contributed by atoms with Gasteiger partial charge in [0.15, 0.2) is 0 Å². The molecule has 2 aromatic rings. The molecule has 3 aliphatic heterocycles. The van der Waals surface area contributed by atoms with Crippen molar-refractivity contribution in [2.75, 3.05) is 32.8 Å². The van der Waals surface area contributed by atoms with Crippen LogP contribution in [0.4, 0.5) is 0 Å². The average molecular weight is 489 g/mol. The van der Waals surface area contributed by atoms with Crippen LogP contribution in [0.1, 0.15) is 60.2 Å². The summed E-state index contributed by atoms with van der Waals surface area (Å²) in [5.74, 6) is 0.446. The van der Waals surface area contributed by atoms with Crippen molar-refractivity contribution in [1.29, 1.82) is 0 Å². The normalized spacial score (nSPS) is 20.6. The molecule has 0 aromatic heterocycles. The number of likely N-dealkylation sites (tertiary alicyclic amines) is 2. The van der Waals surface area contributed by atoms with Crippen LogP contribution in [0.3, 0.4) is 0 Å². The van der Waals surface area contributed by atoms with E-state index >= 15 is 0 Å². The number of para-hydroxylation sites is 1. The fourth-order valence-corrected chi connectivity index (χ4v) is 5.59. The minimum Gasteiger partial charge on any atom is -0.493 e. The number of hydrogen-bond donors (Lipinski definition) is 0. The van der Waals surface area contributed by atoms with Gasteiger partial charge in [0, 0.05) is 43.4 Å². The monoisotopic (exact) mass is 488 g/mol. The molecule has 3 aliphatic rings. The van der Waals surface area contributed by atoms with E-state index in [1.165, 1.54) is 0 Å². The Morgan fingerprint density at radius 2 is 1.72 bits per heavy atom. The van der Waals surface area contributed by atoms with Crippen molar-refractivity contribution < 1.29 is 23.9 Å². The number of ether oxygens (including phenoxy) is 2. The molecule has 2 amide bonds. The second kappa shape index (κ2) is 10.2. The van der Waals surface area contributed by atoms with Gasteiger partial charge in [-0.15, -0.1) is 0 Å². The highest BCUT2D eigenvalue weighted by Gasteiger charge is 2.43. The van der Waals surface area contributed by atoms with Gasteiger partial charge in [0.2, 0.25) is 11.8 Å². The van der Waals surface area contributed by atoms with Gasteiger partial charge in [0.25, 0.3) is 0 Å². The molecule has 1 unspecified atom stereocenters. The molecule has 0 radical (unpaired) electrons. The summed E-state index contributed by atoms with van der Waals surface area (Å²) in [5.41, 5.74) is 2.30. The van der Waals surface area contributed by atoms with Gasteiger partial charge in [-0.1, -0.05) is 36.4 Å². The van der Waals surface area contributed by atoms with E-state index in [0.29, 0.717) is 38.3 Å². The first-order chi connectivity index (χ1) is 17.5. The van der Waals surface area contributed by atoms with Gasteiger partial charge in [-0.05, 0) is 49.8 Å². The third-order valence-corrected chi connectivity index (χ3v) is 7.69. The van der Waals surface area contributed by atoms with Crippen LogP contribution < -0.4 is 4.74 Å². The molecule has 3 heterocycles. The third kappa shape index (κ3) is 4.87. The highest BCUT2D eigenvalue weighted by molar-refractivity contribution is 5.95. The smallest absolute Gasteiger partial charge is 0.339 e. The number of fused-ring (bicyclic) bond motifs is 1. The lowest BCUT2D eigenvalue weighted by atomic mass is 9.78. The first kappa shape index (κ1) is 24.1. The zero-order valence-electron chi connectivity index (χ0n) is 20.7. The molecular weight excluding hydrogens is 456 g/mol. The Morgan fingerprint density at radius 3 is 2.50 bits per heavy atom. The van der Waals surface area contributed by atoms with Gasteiger partial charge in [-0.2, -0.15) is 0 Å². The first-order valence-corrected chi connectivity index (χ1v) is 12.7. The van der Waals surface area contributed by atoms with Crippen LogP contribution in [0.5, 0.6) is 5.75 Å². The van der Waals surface area contributed by atoms with Gasteiger partial charge in [-0.3, -0.25) is 9.59 Å². The predicted octanol–water partition coefficient (Wildman–Crippen LogP) is 4.24. The summed E-state index contributed by atoms with van der Waals surface area (Å²) in [7, 11) is 0. The van der Waals surface area contributed by atoms with Gasteiger partial charge in [0.1, 0.15) is 11.9 Å². The predicted molar refractivity (Wildman–Crippen MR) is 135 cm³/mol. The van der Waals surface area contributed by atoms with Crippen molar-refractivity contribution in [3.63, 3.8) is 0 Å². The number of nitrogens with zero attached hydrogens (tertiary/aromatic N) is 2. The maximum atomic E-state index is 13.1. The van der Waals surface area contributed by atoms with Crippen LogP contribution in [0.15, 0.2) is 54.6 Å². The maximum Gasteiger partial charge on any atom is 0.339 e. The highest BCUT2D eigenvalue weighted by Crippen LogP contribution is 2.41. The van der Waals surface area contributed by atoms with Gasteiger partial charge in [0.05, 0.1) is 18.6 Å². The van der Waals surface area contributed by atoms with E-state index in [9.17, 15) is 14.4 Å². The Bertz CT molecular complexity index is 1180. The third-order valence-electron chi connectivity index (χ3n) is 7.69. The zero-order valence-corrected chi connectivity index (χ0v) is 20.7. The Hall–Kier alpha value is -3.61. The number of cyclic esters (lactones) is 1. The molecule has 2 fully saturated rings. The van der Waals surface area contributed by atoms with Gasteiger partial charge >= 0.3 is 5.97 Å². The highest BCUT2D eigenvalue weighted by atomic mass is 16.5. The fraction of sp³-hybridized carbons (Fsp3) is 0.414. The number of carbonyl (C=O) groups excluding carboxylic acids is 3. The van der Waals surface area contributed by atoms with E-state index in [1.54, 1.807) is 18.2 Å². The summed E-state index contributed by atoms with van der Waals surface area (Å²) in [6.45, 7) is 5.30. The molecule has 7 nitrogen and oxygen atoms in total. The number of piperidine rings is 1. The van der Waals surface area contributed by atoms with E-state index in [2.05, 4.69) is 0 Å². The van der Waals surface area contributed by atoms with Crippen molar-refractivity contribution in [2.24, 2.45) is 5.41 Å². The van der Waals surface area contributed by atoms with Crippen molar-refractivity contribution in [3.8, 4) is 5.75 Å². The molecule has 0 N–H and O–H groups in total. The van der Waals surface area contributed by atoms with E-state index in [0.717, 1.165) is 36.1 Å². The summed E-state index contributed by atoms with van der Waals surface area (Å²) >= 11 is 0. The quantitative estimate of drug-likeness (QED) is 0.449. The Morgan fingerprint density at radius 1 is 1.03 bits per heavy atom. The first-order valence-electron chi connectivity index (χ1n) is 12.7. The van der Waals surface area contributed by atoms with Crippen LogP contribution in [-0.4, -0.2) is 60.4 Å². The summed E-state index contributed by atoms with van der Waals surface area (Å²) < 4.78 is 11.1.